The number of fused-ring (bicyclic) bond motifs is 1. The average Bonchev–Trinajstić information content (AvgIpc) is 2.60. The summed E-state index contributed by atoms with van der Waals surface area (Å²) in [6, 6.07) is 15.8. The summed E-state index contributed by atoms with van der Waals surface area (Å²) < 4.78 is 5.19. The van der Waals surface area contributed by atoms with Crippen LogP contribution in [0.15, 0.2) is 48.5 Å². The molecule has 5 nitrogen and oxygen atoms in total. The smallest absolute Gasteiger partial charge is 0.239 e. The first-order valence-corrected chi connectivity index (χ1v) is 7.74. The van der Waals surface area contributed by atoms with E-state index in [0.717, 1.165) is 35.8 Å². The molecule has 0 atom stereocenters. The summed E-state index contributed by atoms with van der Waals surface area (Å²) in [5.41, 5.74) is 3.19. The van der Waals surface area contributed by atoms with Crippen molar-refractivity contribution in [3.05, 3.63) is 54.1 Å². The fourth-order valence-corrected chi connectivity index (χ4v) is 2.72. The Morgan fingerprint density at radius 3 is 3.00 bits per heavy atom. The molecule has 23 heavy (non-hydrogen) atoms. The molecule has 2 aromatic carbocycles. The van der Waals surface area contributed by atoms with Crippen molar-refractivity contribution >= 4 is 17.3 Å². The van der Waals surface area contributed by atoms with Crippen LogP contribution in [0.3, 0.4) is 0 Å². The molecule has 0 unspecified atom stereocenters. The van der Waals surface area contributed by atoms with E-state index in [1.54, 1.807) is 7.11 Å². The van der Waals surface area contributed by atoms with Crippen molar-refractivity contribution < 1.29 is 9.53 Å². The van der Waals surface area contributed by atoms with Crippen LogP contribution in [0.5, 0.6) is 5.75 Å². The molecule has 2 aromatic rings. The van der Waals surface area contributed by atoms with Gasteiger partial charge >= 0.3 is 0 Å². The third kappa shape index (κ3) is 3.74. The molecule has 0 saturated carbocycles. The molecule has 1 aliphatic heterocycles. The van der Waals surface area contributed by atoms with Gasteiger partial charge in [0.2, 0.25) is 5.91 Å². The van der Waals surface area contributed by atoms with Crippen LogP contribution in [0, 0.1) is 0 Å². The maximum absolute atomic E-state index is 12.2. The molecule has 0 saturated heterocycles. The number of methoxy groups -OCH3 is 1. The molecule has 1 aliphatic rings. The fraction of sp³-hybridized carbons (Fsp3) is 0.278. The Bertz CT molecular complexity index is 687. The van der Waals surface area contributed by atoms with E-state index >= 15 is 0 Å². The third-order valence-electron chi connectivity index (χ3n) is 3.90. The summed E-state index contributed by atoms with van der Waals surface area (Å²) in [4.78, 5) is 14.3. The van der Waals surface area contributed by atoms with Gasteiger partial charge in [-0.1, -0.05) is 24.3 Å². The summed E-state index contributed by atoms with van der Waals surface area (Å²) in [5, 5.41) is 6.32. The van der Waals surface area contributed by atoms with E-state index in [2.05, 4.69) is 15.5 Å². The lowest BCUT2D eigenvalue weighted by Crippen LogP contribution is -2.41. The number of amides is 1. The van der Waals surface area contributed by atoms with Crippen molar-refractivity contribution in [2.75, 3.05) is 37.0 Å². The van der Waals surface area contributed by atoms with E-state index in [0.29, 0.717) is 13.1 Å². The van der Waals surface area contributed by atoms with Gasteiger partial charge in [-0.25, -0.2) is 0 Å². The van der Waals surface area contributed by atoms with E-state index in [1.807, 2.05) is 48.5 Å². The molecule has 120 valence electrons. The highest BCUT2D eigenvalue weighted by Crippen LogP contribution is 2.27. The van der Waals surface area contributed by atoms with Gasteiger partial charge in [0.25, 0.3) is 0 Å². The zero-order valence-corrected chi connectivity index (χ0v) is 13.2. The van der Waals surface area contributed by atoms with Crippen LogP contribution in [0.2, 0.25) is 0 Å². The summed E-state index contributed by atoms with van der Waals surface area (Å²) in [5.74, 6) is 0.817. The monoisotopic (exact) mass is 311 g/mol. The minimum absolute atomic E-state index is 0.0181. The van der Waals surface area contributed by atoms with Crippen molar-refractivity contribution in [1.82, 2.24) is 5.32 Å². The normalized spacial score (nSPS) is 13.0. The second-order valence-electron chi connectivity index (χ2n) is 5.49. The lowest BCUT2D eigenvalue weighted by Gasteiger charge is -2.31. The van der Waals surface area contributed by atoms with Crippen molar-refractivity contribution in [2.24, 2.45) is 0 Å². The molecule has 5 heteroatoms. The number of para-hydroxylation sites is 2. The number of carbonyl (C=O) groups is 1. The van der Waals surface area contributed by atoms with Crippen LogP contribution >= 0.6 is 0 Å². The number of anilines is 2. The number of carbonyl (C=O) groups excluding carboxylic acids is 1. The number of nitrogens with one attached hydrogen (secondary N) is 2. The van der Waals surface area contributed by atoms with Gasteiger partial charge in [-0.15, -0.1) is 0 Å². The van der Waals surface area contributed by atoms with Gasteiger partial charge < -0.3 is 20.3 Å². The second-order valence-corrected chi connectivity index (χ2v) is 5.49. The molecule has 3 rings (SSSR count). The first kappa shape index (κ1) is 15.2. The fourth-order valence-electron chi connectivity index (χ4n) is 2.72. The zero-order valence-electron chi connectivity index (χ0n) is 13.2. The van der Waals surface area contributed by atoms with Crippen LogP contribution in [0.1, 0.15) is 5.56 Å². The maximum atomic E-state index is 12.2. The number of ether oxygens (including phenoxy) is 1. The van der Waals surface area contributed by atoms with Gasteiger partial charge in [-0.3, -0.25) is 4.79 Å². The first-order chi connectivity index (χ1) is 11.3. The number of benzene rings is 2. The van der Waals surface area contributed by atoms with E-state index in [9.17, 15) is 4.79 Å². The van der Waals surface area contributed by atoms with Gasteiger partial charge in [0, 0.05) is 19.6 Å². The molecule has 0 radical (unpaired) electrons. The van der Waals surface area contributed by atoms with Crippen LogP contribution in [-0.4, -0.2) is 32.7 Å². The Morgan fingerprint density at radius 2 is 2.13 bits per heavy atom. The summed E-state index contributed by atoms with van der Waals surface area (Å²) in [6.07, 6.45) is 0. The molecule has 0 aliphatic carbocycles. The number of nitrogens with zero attached hydrogens (tertiary/aromatic N) is 1. The summed E-state index contributed by atoms with van der Waals surface area (Å²) in [6.45, 7) is 2.54. The van der Waals surface area contributed by atoms with E-state index < -0.39 is 0 Å². The first-order valence-electron chi connectivity index (χ1n) is 7.74. The Kier molecular flexibility index (Phi) is 4.66. The SMILES string of the molecule is COc1cccc(CNC(=O)CN2CCNc3ccccc32)c1. The van der Waals surface area contributed by atoms with Gasteiger partial charge in [-0.2, -0.15) is 0 Å². The van der Waals surface area contributed by atoms with Crippen molar-refractivity contribution in [2.45, 2.75) is 6.54 Å². The van der Waals surface area contributed by atoms with Crippen LogP contribution < -0.4 is 20.3 Å². The predicted molar refractivity (Wildman–Crippen MR) is 92.0 cm³/mol. The topological polar surface area (TPSA) is 53.6 Å². The largest absolute Gasteiger partial charge is 0.497 e. The Labute approximate surface area is 136 Å². The minimum atomic E-state index is 0.0181. The molecular formula is C18H21N3O2. The number of hydrogen-bond acceptors (Lipinski definition) is 4. The average molecular weight is 311 g/mol. The molecule has 0 fully saturated rings. The summed E-state index contributed by atoms with van der Waals surface area (Å²) >= 11 is 0. The van der Waals surface area contributed by atoms with E-state index in [4.69, 9.17) is 4.74 Å². The highest BCUT2D eigenvalue weighted by atomic mass is 16.5. The van der Waals surface area contributed by atoms with Crippen LogP contribution in [0.25, 0.3) is 0 Å². The van der Waals surface area contributed by atoms with Gasteiger partial charge in [0.05, 0.1) is 25.0 Å². The highest BCUT2D eigenvalue weighted by molar-refractivity contribution is 5.84. The Balaban J connectivity index is 1.58. The summed E-state index contributed by atoms with van der Waals surface area (Å²) in [7, 11) is 1.64. The lowest BCUT2D eigenvalue weighted by molar-refractivity contribution is -0.119. The number of hydrogen-bond donors (Lipinski definition) is 2. The quantitative estimate of drug-likeness (QED) is 0.889. The standard InChI is InChI=1S/C18H21N3O2/c1-23-15-6-4-5-14(11-15)12-20-18(22)13-21-10-9-19-16-7-2-3-8-17(16)21/h2-8,11,19H,9-10,12-13H2,1H3,(H,20,22). The molecule has 2 N–H and O–H groups in total. The molecule has 1 heterocycles. The van der Waals surface area contributed by atoms with Gasteiger partial charge in [0.1, 0.15) is 5.75 Å². The van der Waals surface area contributed by atoms with Crippen molar-refractivity contribution in [1.29, 1.82) is 0 Å². The Hall–Kier alpha value is -2.69. The maximum Gasteiger partial charge on any atom is 0.239 e. The molecule has 0 spiro atoms. The third-order valence-corrected chi connectivity index (χ3v) is 3.90. The molecule has 0 aromatic heterocycles. The van der Waals surface area contributed by atoms with Gasteiger partial charge in [-0.05, 0) is 29.8 Å². The second kappa shape index (κ2) is 7.05. The predicted octanol–water partition coefficient (Wildman–Crippen LogP) is 2.24. The van der Waals surface area contributed by atoms with Crippen molar-refractivity contribution in [3.63, 3.8) is 0 Å². The van der Waals surface area contributed by atoms with Crippen molar-refractivity contribution in [3.8, 4) is 5.75 Å². The molecule has 1 amide bonds. The van der Waals surface area contributed by atoms with Crippen LogP contribution in [0.4, 0.5) is 11.4 Å². The van der Waals surface area contributed by atoms with Crippen LogP contribution in [-0.2, 0) is 11.3 Å². The highest BCUT2D eigenvalue weighted by Gasteiger charge is 2.18. The zero-order chi connectivity index (χ0) is 16.1. The molecular weight excluding hydrogens is 290 g/mol. The molecule has 0 bridgehead atoms. The minimum Gasteiger partial charge on any atom is -0.497 e. The van der Waals surface area contributed by atoms with E-state index in [-0.39, 0.29) is 5.91 Å². The van der Waals surface area contributed by atoms with Gasteiger partial charge in [0.15, 0.2) is 0 Å². The lowest BCUT2D eigenvalue weighted by atomic mass is 10.2. The Morgan fingerprint density at radius 1 is 1.26 bits per heavy atom. The number of rotatable bonds is 5. The van der Waals surface area contributed by atoms with E-state index in [1.165, 1.54) is 0 Å².